The Bertz CT molecular complexity index is 1210. The highest BCUT2D eigenvalue weighted by Crippen LogP contribution is 2.36. The summed E-state index contributed by atoms with van der Waals surface area (Å²) in [6, 6.07) is 37.0. The van der Waals surface area contributed by atoms with Crippen LogP contribution in [0, 0.1) is 0 Å². The van der Waals surface area contributed by atoms with E-state index in [1.54, 1.807) is 0 Å². The monoisotopic (exact) mass is 342 g/mol. The second-order valence-corrected chi connectivity index (χ2v) is 7.04. The molecule has 1 heteroatoms. The Balaban J connectivity index is 1.86. The third kappa shape index (κ3) is 2.64. The SMILES string of the molecule is Bc1c2ccccc2c(-c2cccc(-c3ccccc3)c2)c2ccccc12. The van der Waals surface area contributed by atoms with Gasteiger partial charge in [0.05, 0.1) is 0 Å². The third-order valence-corrected chi connectivity index (χ3v) is 5.46. The van der Waals surface area contributed by atoms with Crippen molar-refractivity contribution in [3.8, 4) is 22.3 Å². The molecule has 0 N–H and O–H groups in total. The van der Waals surface area contributed by atoms with Crippen molar-refractivity contribution < 1.29 is 0 Å². The molecular formula is C26H19B. The van der Waals surface area contributed by atoms with Crippen LogP contribution in [-0.2, 0) is 0 Å². The van der Waals surface area contributed by atoms with Gasteiger partial charge in [-0.3, -0.25) is 0 Å². The number of rotatable bonds is 2. The van der Waals surface area contributed by atoms with E-state index >= 15 is 0 Å². The summed E-state index contributed by atoms with van der Waals surface area (Å²) in [7, 11) is 2.23. The van der Waals surface area contributed by atoms with Gasteiger partial charge in [0, 0.05) is 0 Å². The van der Waals surface area contributed by atoms with Crippen molar-refractivity contribution in [3.05, 3.63) is 103 Å². The Labute approximate surface area is 160 Å². The molecule has 0 nitrogen and oxygen atoms in total. The topological polar surface area (TPSA) is 0 Å². The van der Waals surface area contributed by atoms with Gasteiger partial charge in [-0.05, 0) is 49.9 Å². The van der Waals surface area contributed by atoms with Crippen molar-refractivity contribution in [2.24, 2.45) is 0 Å². The maximum atomic E-state index is 2.32. The molecule has 0 aliphatic carbocycles. The Kier molecular flexibility index (Phi) is 3.80. The van der Waals surface area contributed by atoms with Gasteiger partial charge in [0.2, 0.25) is 0 Å². The molecule has 0 spiro atoms. The summed E-state index contributed by atoms with van der Waals surface area (Å²) in [5.41, 5.74) is 6.44. The average molecular weight is 342 g/mol. The Hall–Kier alpha value is -3.32. The third-order valence-electron chi connectivity index (χ3n) is 5.46. The highest BCUT2D eigenvalue weighted by Gasteiger charge is 2.13. The standard InChI is InChI=1S/C26H19B/c27-26-23-15-6-4-13-21(23)25(22-14-5-7-16-24(22)26)20-12-8-11-19(17-20)18-9-2-1-3-10-18/h1-17H,27H2. The average Bonchev–Trinajstić information content (AvgIpc) is 2.75. The van der Waals surface area contributed by atoms with Gasteiger partial charge in [0.1, 0.15) is 7.85 Å². The minimum Gasteiger partial charge on any atom is -0.0735 e. The summed E-state index contributed by atoms with van der Waals surface area (Å²) in [4.78, 5) is 0. The van der Waals surface area contributed by atoms with Crippen LogP contribution in [0.15, 0.2) is 103 Å². The zero-order valence-corrected chi connectivity index (χ0v) is 15.3. The van der Waals surface area contributed by atoms with E-state index in [1.165, 1.54) is 49.3 Å². The first-order valence-corrected chi connectivity index (χ1v) is 9.39. The van der Waals surface area contributed by atoms with Crippen LogP contribution in [0.4, 0.5) is 0 Å². The second-order valence-electron chi connectivity index (χ2n) is 7.04. The van der Waals surface area contributed by atoms with Crippen molar-refractivity contribution in [3.63, 3.8) is 0 Å². The molecule has 0 bridgehead atoms. The molecule has 0 fully saturated rings. The van der Waals surface area contributed by atoms with Gasteiger partial charge >= 0.3 is 0 Å². The maximum Gasteiger partial charge on any atom is 0.140 e. The van der Waals surface area contributed by atoms with Gasteiger partial charge in [0.25, 0.3) is 0 Å². The van der Waals surface area contributed by atoms with E-state index in [1.807, 2.05) is 0 Å². The van der Waals surface area contributed by atoms with Gasteiger partial charge in [0.15, 0.2) is 0 Å². The summed E-state index contributed by atoms with van der Waals surface area (Å²) in [5.74, 6) is 0. The van der Waals surface area contributed by atoms with Gasteiger partial charge in [-0.15, -0.1) is 0 Å². The molecule has 5 aromatic rings. The number of hydrogen-bond acceptors (Lipinski definition) is 0. The molecular weight excluding hydrogens is 323 g/mol. The molecule has 27 heavy (non-hydrogen) atoms. The first-order chi connectivity index (χ1) is 13.3. The fraction of sp³-hybridized carbons (Fsp3) is 0. The Morgan fingerprint density at radius 1 is 0.407 bits per heavy atom. The van der Waals surface area contributed by atoms with Crippen LogP contribution in [0.1, 0.15) is 0 Å². The van der Waals surface area contributed by atoms with Crippen LogP contribution in [0.25, 0.3) is 43.8 Å². The van der Waals surface area contributed by atoms with Crippen molar-refractivity contribution in [1.82, 2.24) is 0 Å². The lowest BCUT2D eigenvalue weighted by atomic mass is 9.81. The first-order valence-electron chi connectivity index (χ1n) is 9.39. The van der Waals surface area contributed by atoms with Crippen molar-refractivity contribution in [2.45, 2.75) is 0 Å². The molecule has 0 radical (unpaired) electrons. The molecule has 5 aromatic carbocycles. The van der Waals surface area contributed by atoms with Gasteiger partial charge in [-0.25, -0.2) is 0 Å². The molecule has 0 saturated carbocycles. The number of hydrogen-bond donors (Lipinski definition) is 0. The van der Waals surface area contributed by atoms with Crippen LogP contribution in [0.3, 0.4) is 0 Å². The van der Waals surface area contributed by atoms with E-state index in [0.717, 1.165) is 0 Å². The lowest BCUT2D eigenvalue weighted by Gasteiger charge is -2.16. The molecule has 5 rings (SSSR count). The largest absolute Gasteiger partial charge is 0.140 e. The van der Waals surface area contributed by atoms with Crippen LogP contribution in [0.5, 0.6) is 0 Å². The lowest BCUT2D eigenvalue weighted by molar-refractivity contribution is 1.61. The summed E-state index contributed by atoms with van der Waals surface area (Å²) in [6.45, 7) is 0. The summed E-state index contributed by atoms with van der Waals surface area (Å²) in [6.07, 6.45) is 0. The lowest BCUT2D eigenvalue weighted by Crippen LogP contribution is -2.07. The number of benzene rings is 5. The molecule has 0 aliphatic rings. The van der Waals surface area contributed by atoms with Gasteiger partial charge in [-0.1, -0.05) is 103 Å². The predicted octanol–water partition coefficient (Wildman–Crippen LogP) is 5.59. The highest BCUT2D eigenvalue weighted by atomic mass is 14.1. The summed E-state index contributed by atoms with van der Waals surface area (Å²) < 4.78 is 0. The van der Waals surface area contributed by atoms with Crippen LogP contribution >= 0.6 is 0 Å². The Morgan fingerprint density at radius 3 is 1.52 bits per heavy atom. The summed E-state index contributed by atoms with van der Waals surface area (Å²) >= 11 is 0. The normalized spacial score (nSPS) is 11.1. The van der Waals surface area contributed by atoms with Crippen molar-refractivity contribution >= 4 is 34.9 Å². The van der Waals surface area contributed by atoms with Crippen LogP contribution < -0.4 is 5.46 Å². The zero-order valence-electron chi connectivity index (χ0n) is 15.3. The molecule has 0 amide bonds. The molecule has 0 atom stereocenters. The molecule has 126 valence electrons. The first kappa shape index (κ1) is 15.9. The quantitative estimate of drug-likeness (QED) is 0.290. The highest BCUT2D eigenvalue weighted by molar-refractivity contribution is 6.46. The summed E-state index contributed by atoms with van der Waals surface area (Å²) in [5, 5.41) is 5.30. The minimum absolute atomic E-state index is 1.25. The molecule has 0 heterocycles. The van der Waals surface area contributed by atoms with Crippen molar-refractivity contribution in [2.75, 3.05) is 0 Å². The molecule has 0 aromatic heterocycles. The zero-order chi connectivity index (χ0) is 18.2. The van der Waals surface area contributed by atoms with Crippen LogP contribution in [0.2, 0.25) is 0 Å². The van der Waals surface area contributed by atoms with Gasteiger partial charge < -0.3 is 0 Å². The smallest absolute Gasteiger partial charge is 0.0735 e. The number of fused-ring (bicyclic) bond motifs is 2. The Morgan fingerprint density at radius 2 is 0.889 bits per heavy atom. The van der Waals surface area contributed by atoms with Crippen molar-refractivity contribution in [1.29, 1.82) is 0 Å². The fourth-order valence-corrected chi connectivity index (χ4v) is 4.14. The van der Waals surface area contributed by atoms with E-state index < -0.39 is 0 Å². The predicted molar refractivity (Wildman–Crippen MR) is 121 cm³/mol. The van der Waals surface area contributed by atoms with E-state index in [4.69, 9.17) is 0 Å². The molecule has 0 saturated heterocycles. The van der Waals surface area contributed by atoms with E-state index in [0.29, 0.717) is 0 Å². The van der Waals surface area contributed by atoms with E-state index in [-0.39, 0.29) is 0 Å². The maximum absolute atomic E-state index is 2.32. The minimum atomic E-state index is 1.25. The molecule has 0 aliphatic heterocycles. The molecule has 0 unspecified atom stereocenters. The van der Waals surface area contributed by atoms with E-state index in [2.05, 4.69) is 111 Å². The fourth-order valence-electron chi connectivity index (χ4n) is 4.14. The van der Waals surface area contributed by atoms with Gasteiger partial charge in [-0.2, -0.15) is 0 Å². The van der Waals surface area contributed by atoms with E-state index in [9.17, 15) is 0 Å². The van der Waals surface area contributed by atoms with Crippen LogP contribution in [-0.4, -0.2) is 7.85 Å². The second kappa shape index (κ2) is 6.44.